The zero-order chi connectivity index (χ0) is 14.9. The predicted molar refractivity (Wildman–Crippen MR) is 76.9 cm³/mol. The molecular formula is C13H24N2O3S. The summed E-state index contributed by atoms with van der Waals surface area (Å²) in [6.45, 7) is 6.75. The monoisotopic (exact) mass is 288 g/mol. The van der Waals surface area contributed by atoms with Crippen LogP contribution in [-0.2, 0) is 14.3 Å². The standard InChI is InChI=1S/C13H24N2O3S/c1-12(2,15-11(16)5-8-14)6-10-18-13(3,19)7-9-17-4/h19H,5-7,9-10H2,1-4H3,(H,15,16). The van der Waals surface area contributed by atoms with Crippen LogP contribution in [0.3, 0.4) is 0 Å². The summed E-state index contributed by atoms with van der Waals surface area (Å²) in [6, 6.07) is 1.82. The molecule has 0 aliphatic rings. The third-order valence-corrected chi connectivity index (χ3v) is 2.98. The molecule has 0 fully saturated rings. The molecule has 5 nitrogen and oxygen atoms in total. The van der Waals surface area contributed by atoms with Crippen molar-refractivity contribution in [2.45, 2.75) is 50.5 Å². The van der Waals surface area contributed by atoms with E-state index in [0.717, 1.165) is 0 Å². The highest BCUT2D eigenvalue weighted by Gasteiger charge is 2.23. The maximum atomic E-state index is 11.4. The predicted octanol–water partition coefficient (Wildman–Crippen LogP) is 1.88. The second-order valence-corrected chi connectivity index (χ2v) is 6.23. The molecule has 0 rings (SSSR count). The topological polar surface area (TPSA) is 71.3 Å². The molecule has 6 heteroatoms. The molecule has 0 bridgehead atoms. The fourth-order valence-corrected chi connectivity index (χ4v) is 1.63. The molecule has 0 aromatic heterocycles. The highest BCUT2D eigenvalue weighted by Crippen LogP contribution is 2.21. The lowest BCUT2D eigenvalue weighted by molar-refractivity contribution is -0.121. The van der Waals surface area contributed by atoms with E-state index in [1.54, 1.807) is 7.11 Å². The molecule has 0 aromatic carbocycles. The molecule has 0 radical (unpaired) electrons. The van der Waals surface area contributed by atoms with Gasteiger partial charge in [0.05, 0.1) is 12.7 Å². The van der Waals surface area contributed by atoms with Crippen LogP contribution in [0.4, 0.5) is 0 Å². The molecule has 0 saturated carbocycles. The minimum absolute atomic E-state index is 0.123. The number of ether oxygens (including phenoxy) is 2. The fourth-order valence-electron chi connectivity index (χ4n) is 1.45. The summed E-state index contributed by atoms with van der Waals surface area (Å²) >= 11 is 4.42. The van der Waals surface area contributed by atoms with Crippen LogP contribution >= 0.6 is 12.6 Å². The van der Waals surface area contributed by atoms with Crippen molar-refractivity contribution in [1.82, 2.24) is 5.32 Å². The minimum Gasteiger partial charge on any atom is -0.385 e. The summed E-state index contributed by atoms with van der Waals surface area (Å²) in [5, 5.41) is 11.2. The van der Waals surface area contributed by atoms with Crippen molar-refractivity contribution in [3.63, 3.8) is 0 Å². The third kappa shape index (κ3) is 9.77. The summed E-state index contributed by atoms with van der Waals surface area (Å²) < 4.78 is 10.7. The Morgan fingerprint density at radius 3 is 2.47 bits per heavy atom. The Morgan fingerprint density at radius 1 is 1.32 bits per heavy atom. The van der Waals surface area contributed by atoms with Gasteiger partial charge < -0.3 is 14.8 Å². The molecular weight excluding hydrogens is 264 g/mol. The van der Waals surface area contributed by atoms with Crippen molar-refractivity contribution < 1.29 is 14.3 Å². The lowest BCUT2D eigenvalue weighted by atomic mass is 10.0. The van der Waals surface area contributed by atoms with Gasteiger partial charge in [0, 0.05) is 25.7 Å². The normalized spacial score (nSPS) is 14.5. The van der Waals surface area contributed by atoms with E-state index in [9.17, 15) is 4.79 Å². The van der Waals surface area contributed by atoms with E-state index in [-0.39, 0.29) is 12.3 Å². The number of hydrogen-bond acceptors (Lipinski definition) is 5. The summed E-state index contributed by atoms with van der Waals surface area (Å²) in [5.74, 6) is -0.263. The van der Waals surface area contributed by atoms with Gasteiger partial charge in [0.1, 0.15) is 11.4 Å². The highest BCUT2D eigenvalue weighted by atomic mass is 32.1. The summed E-state index contributed by atoms with van der Waals surface area (Å²) in [5.41, 5.74) is -0.404. The van der Waals surface area contributed by atoms with Crippen molar-refractivity contribution in [2.24, 2.45) is 0 Å². The highest BCUT2D eigenvalue weighted by molar-refractivity contribution is 7.81. The van der Waals surface area contributed by atoms with Gasteiger partial charge in [-0.15, -0.1) is 12.6 Å². The van der Waals surface area contributed by atoms with E-state index in [1.165, 1.54) is 0 Å². The number of nitrogens with zero attached hydrogens (tertiary/aromatic N) is 1. The van der Waals surface area contributed by atoms with Gasteiger partial charge in [-0.25, -0.2) is 0 Å². The molecule has 1 amide bonds. The van der Waals surface area contributed by atoms with Crippen LogP contribution in [0.15, 0.2) is 0 Å². The number of nitriles is 1. The Kier molecular flexibility index (Phi) is 8.07. The van der Waals surface area contributed by atoms with Crippen LogP contribution in [0, 0.1) is 11.3 Å². The molecule has 0 saturated heterocycles. The van der Waals surface area contributed by atoms with Crippen LogP contribution in [0.25, 0.3) is 0 Å². The Morgan fingerprint density at radius 2 is 1.95 bits per heavy atom. The van der Waals surface area contributed by atoms with Gasteiger partial charge >= 0.3 is 0 Å². The number of thiol groups is 1. The van der Waals surface area contributed by atoms with Crippen molar-refractivity contribution in [3.8, 4) is 6.07 Å². The molecule has 0 aliphatic carbocycles. The smallest absolute Gasteiger partial charge is 0.234 e. The molecule has 0 aromatic rings. The molecule has 19 heavy (non-hydrogen) atoms. The third-order valence-electron chi connectivity index (χ3n) is 2.63. The van der Waals surface area contributed by atoms with Crippen LogP contribution < -0.4 is 5.32 Å². The molecule has 1 unspecified atom stereocenters. The Bertz CT molecular complexity index is 324. The molecule has 0 aliphatic heterocycles. The van der Waals surface area contributed by atoms with E-state index in [2.05, 4.69) is 17.9 Å². The van der Waals surface area contributed by atoms with Crippen LogP contribution in [0.2, 0.25) is 0 Å². The first-order valence-electron chi connectivity index (χ1n) is 6.26. The second-order valence-electron chi connectivity index (χ2n) is 5.28. The summed E-state index contributed by atoms with van der Waals surface area (Å²) in [6.07, 6.45) is 1.21. The van der Waals surface area contributed by atoms with Crippen molar-refractivity contribution in [3.05, 3.63) is 0 Å². The lowest BCUT2D eigenvalue weighted by Crippen LogP contribution is -2.44. The molecule has 0 heterocycles. The van der Waals surface area contributed by atoms with E-state index in [0.29, 0.717) is 26.1 Å². The zero-order valence-corrected chi connectivity index (χ0v) is 13.0. The van der Waals surface area contributed by atoms with E-state index in [1.807, 2.05) is 26.8 Å². The number of rotatable bonds is 9. The van der Waals surface area contributed by atoms with E-state index >= 15 is 0 Å². The minimum atomic E-state index is -0.539. The van der Waals surface area contributed by atoms with Gasteiger partial charge in [0.15, 0.2) is 0 Å². The second kappa shape index (κ2) is 8.41. The molecule has 1 N–H and O–H groups in total. The number of hydrogen-bond donors (Lipinski definition) is 2. The number of carbonyl (C=O) groups excluding carboxylic acids is 1. The molecule has 0 spiro atoms. The molecule has 110 valence electrons. The molecule has 1 atom stereocenters. The number of carbonyl (C=O) groups is 1. The van der Waals surface area contributed by atoms with Gasteiger partial charge in [-0.3, -0.25) is 4.79 Å². The Hall–Kier alpha value is -0.770. The average molecular weight is 288 g/mol. The summed E-state index contributed by atoms with van der Waals surface area (Å²) in [4.78, 5) is 10.8. The maximum Gasteiger partial charge on any atom is 0.234 e. The first-order chi connectivity index (χ1) is 8.72. The zero-order valence-electron chi connectivity index (χ0n) is 12.2. The first-order valence-corrected chi connectivity index (χ1v) is 6.70. The maximum absolute atomic E-state index is 11.4. The Labute approximate surface area is 121 Å². The van der Waals surface area contributed by atoms with Crippen LogP contribution in [0.5, 0.6) is 0 Å². The van der Waals surface area contributed by atoms with Crippen molar-refractivity contribution in [2.75, 3.05) is 20.3 Å². The number of amides is 1. The number of methoxy groups -OCH3 is 1. The summed E-state index contributed by atoms with van der Waals surface area (Å²) in [7, 11) is 1.64. The quantitative estimate of drug-likeness (QED) is 0.502. The lowest BCUT2D eigenvalue weighted by Gasteiger charge is -2.29. The number of nitrogens with one attached hydrogen (secondary N) is 1. The van der Waals surface area contributed by atoms with Gasteiger partial charge in [-0.1, -0.05) is 0 Å². The van der Waals surface area contributed by atoms with Gasteiger partial charge in [0.25, 0.3) is 0 Å². The largest absolute Gasteiger partial charge is 0.385 e. The van der Waals surface area contributed by atoms with Gasteiger partial charge in [0.2, 0.25) is 5.91 Å². The SMILES string of the molecule is COCCC(C)(S)OCCC(C)(C)NC(=O)CC#N. The van der Waals surface area contributed by atoms with Crippen LogP contribution in [0.1, 0.15) is 40.0 Å². The van der Waals surface area contributed by atoms with Crippen molar-refractivity contribution >= 4 is 18.5 Å². The first kappa shape index (κ1) is 18.2. The van der Waals surface area contributed by atoms with Crippen molar-refractivity contribution in [1.29, 1.82) is 5.26 Å². The fraction of sp³-hybridized carbons (Fsp3) is 0.846. The Balaban J connectivity index is 4.04. The van der Waals surface area contributed by atoms with Crippen LogP contribution in [-0.4, -0.2) is 36.7 Å². The van der Waals surface area contributed by atoms with E-state index in [4.69, 9.17) is 14.7 Å². The van der Waals surface area contributed by atoms with E-state index < -0.39 is 10.5 Å². The van der Waals surface area contributed by atoms with Gasteiger partial charge in [-0.2, -0.15) is 5.26 Å². The van der Waals surface area contributed by atoms with Gasteiger partial charge in [-0.05, 0) is 27.2 Å². The average Bonchev–Trinajstić information content (AvgIpc) is 2.25.